The molecule has 0 unspecified atom stereocenters. The summed E-state index contributed by atoms with van der Waals surface area (Å²) in [5.74, 6) is -21.5. The molecule has 350 valence electrons. The Morgan fingerprint density at radius 3 is 0.935 bits per heavy atom. The Morgan fingerprint density at radius 2 is 0.645 bits per heavy atom. The molecule has 0 saturated carbocycles. The van der Waals surface area contributed by atoms with E-state index in [1.165, 1.54) is 13.8 Å². The molecule has 2 aromatic carbocycles. The fraction of sp³-hybridized carbons (Fsp3) is 0.412. The molecule has 0 atom stereocenters. The largest absolute Gasteiger partial charge is 2.00 e. The molecule has 0 amide bonds. The summed E-state index contributed by atoms with van der Waals surface area (Å²) in [6, 6.07) is 0. The minimum absolute atomic E-state index is 0. The van der Waals surface area contributed by atoms with Gasteiger partial charge in [0.05, 0.1) is 22.6 Å². The summed E-state index contributed by atoms with van der Waals surface area (Å²) in [4.78, 5) is 3.27. The van der Waals surface area contributed by atoms with Crippen LogP contribution in [0.4, 0.5) is 43.9 Å². The van der Waals surface area contributed by atoms with Gasteiger partial charge in [-0.25, -0.2) is 43.9 Å². The van der Waals surface area contributed by atoms with Crippen LogP contribution in [0.3, 0.4) is 0 Å². The molecule has 62 heavy (non-hydrogen) atoms. The molecule has 2 radical (unpaired) electrons. The van der Waals surface area contributed by atoms with E-state index < -0.39 is 80.7 Å². The van der Waals surface area contributed by atoms with Crippen LogP contribution < -0.4 is 10.6 Å². The smallest absolute Gasteiger partial charge is 0.741 e. The van der Waals surface area contributed by atoms with E-state index in [1.54, 1.807) is 37.5 Å². The minimum atomic E-state index is -2.30. The van der Waals surface area contributed by atoms with Gasteiger partial charge in [-0.3, -0.25) is 0 Å². The van der Waals surface area contributed by atoms with E-state index in [9.17, 15) is 43.9 Å². The van der Waals surface area contributed by atoms with Gasteiger partial charge in [0.2, 0.25) is 11.6 Å². The summed E-state index contributed by atoms with van der Waals surface area (Å²) in [7, 11) is 0. The quantitative estimate of drug-likeness (QED) is 0.0324. The molecular weight excluding hydrogens is 1020 g/mol. The number of rotatable bonds is 14. The third kappa shape index (κ3) is 16.4. The van der Waals surface area contributed by atoms with Crippen molar-refractivity contribution in [1.82, 2.24) is 20.4 Å². The van der Waals surface area contributed by atoms with Crippen molar-refractivity contribution in [3.05, 3.63) is 69.3 Å². The molecule has 0 aliphatic carbocycles. The maximum absolute atomic E-state index is 14.5. The van der Waals surface area contributed by atoms with E-state index in [0.717, 1.165) is 0 Å². The molecule has 0 heterocycles. The second-order valence-electron chi connectivity index (χ2n) is 11.1. The van der Waals surface area contributed by atoms with Crippen molar-refractivity contribution in [2.75, 3.05) is 39.3 Å². The Bertz CT molecular complexity index is 2040. The fourth-order valence-corrected chi connectivity index (χ4v) is 5.21. The average Bonchev–Trinajstić information content (AvgIpc) is 3.22. The molecule has 0 aliphatic heterocycles. The van der Waals surface area contributed by atoms with Crippen molar-refractivity contribution < 1.29 is 78.0 Å². The topological polar surface area (TPSA) is 129 Å². The molecule has 0 aromatic heterocycles. The predicted octanol–water partition coefficient (Wildman–Crippen LogP) is 6.43. The summed E-state index contributed by atoms with van der Waals surface area (Å²) in [5, 5.41) is 34.2. The van der Waals surface area contributed by atoms with Crippen LogP contribution in [0.25, 0.3) is 0 Å². The normalized spacial score (nSPS) is 13.2. The molecule has 0 saturated heterocycles. The van der Waals surface area contributed by atoms with E-state index in [1.807, 2.05) is 13.8 Å². The van der Waals surface area contributed by atoms with Crippen LogP contribution in [-0.4, -0.2) is 92.6 Å². The zero-order valence-electron chi connectivity index (χ0n) is 33.7. The molecule has 0 aliphatic rings. The van der Waals surface area contributed by atoms with Crippen LogP contribution in [0.15, 0.2) is 40.8 Å². The van der Waals surface area contributed by atoms with E-state index in [4.69, 9.17) is 50.5 Å². The molecule has 12 nitrogen and oxygen atoms in total. The van der Waals surface area contributed by atoms with Crippen LogP contribution in [-0.2, 0) is 84.7 Å². The molecule has 28 heteroatoms. The summed E-state index contributed by atoms with van der Waals surface area (Å²) in [5.41, 5.74) is -4.68. The van der Waals surface area contributed by atoms with Gasteiger partial charge in [0.15, 0.2) is 46.5 Å². The number of benzene rings is 2. The van der Waals surface area contributed by atoms with Crippen LogP contribution in [0.5, 0.6) is 0 Å². The summed E-state index contributed by atoms with van der Waals surface area (Å²) >= 11 is 19.9. The molecule has 2 aromatic rings. The van der Waals surface area contributed by atoms with E-state index in [0.29, 0.717) is 39.3 Å². The Hall–Kier alpha value is -3.78. The zero-order valence-corrected chi connectivity index (χ0v) is 38.9. The second kappa shape index (κ2) is 29.6. The minimum Gasteiger partial charge on any atom is -0.741 e. The van der Waals surface area contributed by atoms with E-state index in [2.05, 4.69) is 51.4 Å². The number of hydrogen-bond donors (Lipinski definition) is 2. The monoisotopic (exact) mass is 1060 g/mol. The number of amidine groups is 4. The maximum atomic E-state index is 14.5. The van der Waals surface area contributed by atoms with Crippen molar-refractivity contribution in [1.29, 1.82) is 0 Å². The SMILES string of the molecule is CCN(CC)C([S-])=NN=C(C)C(=NN=C([S-])N(CC)CC)c1c(F)c(F)c(F)c(F)c1F.CCNC([S-])=NN=C(C)C(=NN=C([S-])NCC)c1c(F)c(F)c(F)c(F)c1F.[Cu+2].[Cu+2]. The van der Waals surface area contributed by atoms with Crippen LogP contribution in [0.2, 0.25) is 0 Å². The van der Waals surface area contributed by atoms with Crippen molar-refractivity contribution >= 4 is 94.0 Å². The van der Waals surface area contributed by atoms with Gasteiger partial charge in [-0.1, -0.05) is 0 Å². The Balaban J connectivity index is 0. The first-order chi connectivity index (χ1) is 28.2. The van der Waals surface area contributed by atoms with Gasteiger partial charge in [-0.2, -0.15) is 30.6 Å². The van der Waals surface area contributed by atoms with Crippen LogP contribution in [0, 0.1) is 58.2 Å². The Labute approximate surface area is 395 Å². The number of hydrogen-bond acceptors (Lipinski definition) is 12. The zero-order chi connectivity index (χ0) is 46.0. The first kappa shape index (κ1) is 60.3. The molecule has 0 fully saturated rings. The van der Waals surface area contributed by atoms with Gasteiger partial charge in [-0.15, -0.1) is 10.2 Å². The molecule has 0 bridgehead atoms. The third-order valence-electron chi connectivity index (χ3n) is 7.36. The number of nitrogens with zero attached hydrogens (tertiary/aromatic N) is 10. The molecule has 0 spiro atoms. The molecule has 2 N–H and O–H groups in total. The Morgan fingerprint density at radius 1 is 0.403 bits per heavy atom. The predicted molar refractivity (Wildman–Crippen MR) is 224 cm³/mol. The summed E-state index contributed by atoms with van der Waals surface area (Å²) < 4.78 is 139. The number of nitrogens with one attached hydrogen (secondary N) is 2. The Kier molecular flexibility index (Phi) is 28.8. The van der Waals surface area contributed by atoms with Gasteiger partial charge in [-0.05, 0) is 65.7 Å². The standard InChI is InChI=1S/C19H25F5N6S2.C15H17F5N6S2.2Cu/c1-6-29(7-2)18(31)27-25-10(5)17(26-28-19(32)30(8-3)9-4)11-12(20)14(22)16(24)15(23)13(11)21;1-4-21-14(27)25-23-6(3)13(24-26-15(28)22-5-2)7-8(16)10(18)12(20)11(19)9(7)17;;/h6-9H2,1-5H3,(H,27,31)(H,28,32);4-5H2,1-3H3,(H2,21,25,27)(H2,22,26,28);;/q;;2*+2/p-4. The van der Waals surface area contributed by atoms with E-state index >= 15 is 0 Å². The summed E-state index contributed by atoms with van der Waals surface area (Å²) in [6.45, 7) is 15.9. The first-order valence-electron chi connectivity index (χ1n) is 17.5. The maximum Gasteiger partial charge on any atom is 2.00 e. The van der Waals surface area contributed by atoms with Crippen LogP contribution in [0.1, 0.15) is 66.5 Å². The number of halogens is 10. The third-order valence-corrected chi connectivity index (χ3v) is 8.49. The first-order valence-corrected chi connectivity index (χ1v) is 19.1. The fourth-order valence-electron chi connectivity index (χ4n) is 4.24. The van der Waals surface area contributed by atoms with Gasteiger partial charge in [0.1, 0.15) is 11.4 Å². The van der Waals surface area contributed by atoms with Crippen molar-refractivity contribution in [3.63, 3.8) is 0 Å². The molecule has 2 rings (SSSR count). The van der Waals surface area contributed by atoms with Crippen LogP contribution >= 0.6 is 0 Å². The van der Waals surface area contributed by atoms with Gasteiger partial charge in [0, 0.05) is 49.6 Å². The van der Waals surface area contributed by atoms with E-state index in [-0.39, 0.29) is 66.2 Å². The van der Waals surface area contributed by atoms with Crippen molar-refractivity contribution in [2.45, 2.75) is 55.4 Å². The van der Waals surface area contributed by atoms with Crippen molar-refractivity contribution in [3.8, 4) is 0 Å². The van der Waals surface area contributed by atoms with Gasteiger partial charge >= 0.3 is 34.1 Å². The summed E-state index contributed by atoms with van der Waals surface area (Å²) in [6.07, 6.45) is 0. The van der Waals surface area contributed by atoms with Crippen molar-refractivity contribution in [2.24, 2.45) is 40.8 Å². The van der Waals surface area contributed by atoms with Gasteiger partial charge in [0.25, 0.3) is 0 Å². The average molecular weight is 1060 g/mol. The second-order valence-corrected chi connectivity index (χ2v) is 12.6. The van der Waals surface area contributed by atoms with Gasteiger partial charge < -0.3 is 70.9 Å². The molecular formula is C34H38Cu2F10N12S4.